The number of aromatic amines is 1. The van der Waals surface area contributed by atoms with Crippen LogP contribution >= 0.6 is 12.2 Å². The van der Waals surface area contributed by atoms with Crippen LogP contribution in [0.15, 0.2) is 12.1 Å². The zero-order valence-corrected chi connectivity index (χ0v) is 12.5. The van der Waals surface area contributed by atoms with E-state index in [-0.39, 0.29) is 11.8 Å². The molecule has 1 N–H and O–H groups in total. The van der Waals surface area contributed by atoms with Crippen molar-refractivity contribution in [1.82, 2.24) is 9.55 Å². The Morgan fingerprint density at radius 2 is 2.26 bits per heavy atom. The maximum absolute atomic E-state index is 13.6. The van der Waals surface area contributed by atoms with Crippen LogP contribution in [-0.4, -0.2) is 32.9 Å². The lowest BCUT2D eigenvalue weighted by atomic mass is 10.2. The molecule has 0 saturated heterocycles. The fourth-order valence-electron chi connectivity index (χ4n) is 2.14. The van der Waals surface area contributed by atoms with E-state index in [1.165, 1.54) is 13.2 Å². The first-order valence-corrected chi connectivity index (χ1v) is 7.85. The Hall–Kier alpha value is -1.21. The Balaban J connectivity index is 2.63. The third kappa shape index (κ3) is 2.71. The SMILES string of the molecule is COc1cc2c(cc1F)[nH]c(=S)n2C(C)CS(C)=O. The van der Waals surface area contributed by atoms with E-state index in [2.05, 4.69) is 4.98 Å². The van der Waals surface area contributed by atoms with Crippen molar-refractivity contribution in [3.8, 4) is 5.75 Å². The van der Waals surface area contributed by atoms with Crippen molar-refractivity contribution in [3.63, 3.8) is 0 Å². The van der Waals surface area contributed by atoms with Crippen molar-refractivity contribution in [1.29, 1.82) is 0 Å². The number of nitrogens with zero attached hydrogens (tertiary/aromatic N) is 1. The monoisotopic (exact) mass is 302 g/mol. The first-order valence-electron chi connectivity index (χ1n) is 5.71. The largest absolute Gasteiger partial charge is 0.494 e. The zero-order valence-electron chi connectivity index (χ0n) is 10.9. The molecule has 2 rings (SSSR count). The van der Waals surface area contributed by atoms with Crippen LogP contribution in [0.5, 0.6) is 5.75 Å². The van der Waals surface area contributed by atoms with Crippen LogP contribution in [0.2, 0.25) is 0 Å². The van der Waals surface area contributed by atoms with Gasteiger partial charge in [0.05, 0.1) is 18.1 Å². The lowest BCUT2D eigenvalue weighted by molar-refractivity contribution is 0.387. The molecule has 1 heterocycles. The fourth-order valence-corrected chi connectivity index (χ4v) is 3.35. The Labute approximate surface area is 118 Å². The molecule has 0 aliphatic rings. The summed E-state index contributed by atoms with van der Waals surface area (Å²) in [6.07, 6.45) is 1.65. The quantitative estimate of drug-likeness (QED) is 0.884. The number of nitrogens with one attached hydrogen (secondary N) is 1. The van der Waals surface area contributed by atoms with Gasteiger partial charge in [-0.05, 0) is 19.1 Å². The highest BCUT2D eigenvalue weighted by atomic mass is 32.2. The van der Waals surface area contributed by atoms with Gasteiger partial charge >= 0.3 is 0 Å². The molecule has 104 valence electrons. The van der Waals surface area contributed by atoms with Crippen LogP contribution < -0.4 is 4.74 Å². The van der Waals surface area contributed by atoms with Crippen LogP contribution in [0, 0.1) is 10.6 Å². The molecule has 0 fully saturated rings. The number of ether oxygens (including phenoxy) is 1. The molecule has 1 aromatic carbocycles. The van der Waals surface area contributed by atoms with Crippen molar-refractivity contribution >= 4 is 34.1 Å². The molecule has 0 aliphatic heterocycles. The third-order valence-electron chi connectivity index (χ3n) is 2.91. The number of halogens is 1. The van der Waals surface area contributed by atoms with Crippen LogP contribution in [0.1, 0.15) is 13.0 Å². The molecule has 2 atom stereocenters. The smallest absolute Gasteiger partial charge is 0.178 e. The van der Waals surface area contributed by atoms with Crippen molar-refractivity contribution < 1.29 is 13.3 Å². The van der Waals surface area contributed by atoms with Gasteiger partial charge in [-0.1, -0.05) is 0 Å². The van der Waals surface area contributed by atoms with Gasteiger partial charge in [-0.2, -0.15) is 0 Å². The number of methoxy groups -OCH3 is 1. The van der Waals surface area contributed by atoms with Crippen molar-refractivity contribution in [2.45, 2.75) is 13.0 Å². The van der Waals surface area contributed by atoms with Gasteiger partial charge in [0.2, 0.25) is 0 Å². The van der Waals surface area contributed by atoms with Crippen molar-refractivity contribution in [2.24, 2.45) is 0 Å². The number of hydrogen-bond donors (Lipinski definition) is 1. The van der Waals surface area contributed by atoms with E-state index in [9.17, 15) is 8.60 Å². The topological polar surface area (TPSA) is 47.0 Å². The molecule has 19 heavy (non-hydrogen) atoms. The molecule has 0 amide bonds. The van der Waals surface area contributed by atoms with E-state index in [0.717, 1.165) is 5.52 Å². The van der Waals surface area contributed by atoms with Crippen LogP contribution in [0.4, 0.5) is 4.39 Å². The first-order chi connectivity index (χ1) is 8.93. The summed E-state index contributed by atoms with van der Waals surface area (Å²) in [5.41, 5.74) is 1.36. The maximum Gasteiger partial charge on any atom is 0.178 e. The lowest BCUT2D eigenvalue weighted by Gasteiger charge is -2.13. The number of fused-ring (bicyclic) bond motifs is 1. The fraction of sp³-hybridized carbons (Fsp3) is 0.417. The van der Waals surface area contributed by atoms with Gasteiger partial charge in [0.25, 0.3) is 0 Å². The number of rotatable bonds is 4. The Morgan fingerprint density at radius 1 is 1.58 bits per heavy atom. The molecule has 4 nitrogen and oxygen atoms in total. The summed E-state index contributed by atoms with van der Waals surface area (Å²) in [6, 6.07) is 2.92. The van der Waals surface area contributed by atoms with E-state index >= 15 is 0 Å². The second-order valence-corrected chi connectivity index (χ2v) is 6.26. The summed E-state index contributed by atoms with van der Waals surface area (Å²) < 4.78 is 32.3. The average molecular weight is 302 g/mol. The van der Waals surface area contributed by atoms with Gasteiger partial charge in [0, 0.05) is 41.0 Å². The molecule has 0 radical (unpaired) electrons. The molecule has 2 unspecified atom stereocenters. The number of aromatic nitrogens is 2. The van der Waals surface area contributed by atoms with E-state index < -0.39 is 16.6 Å². The summed E-state index contributed by atoms with van der Waals surface area (Å²) in [6.45, 7) is 1.93. The molecular formula is C12H15FN2O2S2. The predicted molar refractivity (Wildman–Crippen MR) is 77.3 cm³/mol. The minimum Gasteiger partial charge on any atom is -0.494 e. The number of benzene rings is 1. The van der Waals surface area contributed by atoms with E-state index in [0.29, 0.717) is 16.0 Å². The van der Waals surface area contributed by atoms with Gasteiger partial charge in [0.1, 0.15) is 0 Å². The van der Waals surface area contributed by atoms with Crippen LogP contribution in [0.25, 0.3) is 11.0 Å². The summed E-state index contributed by atoms with van der Waals surface area (Å²) in [7, 11) is 0.488. The number of H-pyrrole nitrogens is 1. The molecule has 2 aromatic rings. The standard InChI is InChI=1S/C12H15FN2O2S2/c1-7(6-19(3)16)15-10-5-11(17-2)8(13)4-9(10)14-12(15)18/h4-5,7H,6H2,1-3H3,(H,14,18). The summed E-state index contributed by atoms with van der Waals surface area (Å²) >= 11 is 5.25. The molecule has 7 heteroatoms. The molecule has 0 bridgehead atoms. The number of hydrogen-bond acceptors (Lipinski definition) is 3. The summed E-state index contributed by atoms with van der Waals surface area (Å²) in [5, 5.41) is 0. The van der Waals surface area contributed by atoms with Crippen molar-refractivity contribution in [2.75, 3.05) is 19.1 Å². The van der Waals surface area contributed by atoms with Crippen molar-refractivity contribution in [3.05, 3.63) is 22.7 Å². The Bertz CT molecular complexity index is 693. The summed E-state index contributed by atoms with van der Waals surface area (Å²) in [5.74, 6) is 0.214. The van der Waals surface area contributed by atoms with Gasteiger partial charge in [0.15, 0.2) is 16.3 Å². The van der Waals surface area contributed by atoms with Gasteiger partial charge in [-0.15, -0.1) is 0 Å². The van der Waals surface area contributed by atoms with Crippen LogP contribution in [0.3, 0.4) is 0 Å². The zero-order chi connectivity index (χ0) is 14.2. The minimum atomic E-state index is -0.929. The molecular weight excluding hydrogens is 287 g/mol. The highest BCUT2D eigenvalue weighted by Crippen LogP contribution is 2.26. The van der Waals surface area contributed by atoms with Gasteiger partial charge in [-0.25, -0.2) is 4.39 Å². The second-order valence-electron chi connectivity index (χ2n) is 4.39. The molecule has 1 aromatic heterocycles. The normalized spacial score (nSPS) is 14.5. The second kappa shape index (κ2) is 5.42. The lowest BCUT2D eigenvalue weighted by Crippen LogP contribution is -2.12. The van der Waals surface area contributed by atoms with Crippen LogP contribution in [-0.2, 0) is 10.8 Å². The third-order valence-corrected chi connectivity index (χ3v) is 4.16. The maximum atomic E-state index is 13.6. The average Bonchev–Trinajstić information content (AvgIpc) is 2.61. The first kappa shape index (κ1) is 14.2. The minimum absolute atomic E-state index is 0.0396. The van der Waals surface area contributed by atoms with Gasteiger partial charge < -0.3 is 14.3 Å². The van der Waals surface area contributed by atoms with E-state index in [1.54, 1.807) is 12.3 Å². The number of imidazole rings is 1. The summed E-state index contributed by atoms with van der Waals surface area (Å²) in [4.78, 5) is 2.96. The molecule has 0 saturated carbocycles. The predicted octanol–water partition coefficient (Wildman–Crippen LogP) is 2.79. The highest BCUT2D eigenvalue weighted by molar-refractivity contribution is 7.84. The highest BCUT2D eigenvalue weighted by Gasteiger charge is 2.15. The van der Waals surface area contributed by atoms with E-state index in [1.807, 2.05) is 11.5 Å². The Kier molecular flexibility index (Phi) is 4.05. The molecule has 0 aliphatic carbocycles. The van der Waals surface area contributed by atoms with Gasteiger partial charge in [-0.3, -0.25) is 4.21 Å². The molecule has 0 spiro atoms. The van der Waals surface area contributed by atoms with E-state index in [4.69, 9.17) is 17.0 Å². The Morgan fingerprint density at radius 3 is 2.84 bits per heavy atom.